The SMILES string of the molecule is CC(CCNC(=O)NCc1ccc(F)c(Cl)c1)C(=O)O. The molecule has 0 bridgehead atoms. The van der Waals surface area contributed by atoms with Crippen molar-refractivity contribution in [2.45, 2.75) is 19.9 Å². The van der Waals surface area contributed by atoms with Gasteiger partial charge >= 0.3 is 12.0 Å². The molecule has 0 saturated heterocycles. The zero-order valence-corrected chi connectivity index (χ0v) is 11.7. The number of hydrogen-bond acceptors (Lipinski definition) is 2. The minimum absolute atomic E-state index is 0.00000820. The average Bonchev–Trinajstić information content (AvgIpc) is 2.40. The number of aliphatic carboxylic acids is 1. The first-order chi connectivity index (χ1) is 9.40. The molecule has 0 radical (unpaired) electrons. The third-order valence-corrected chi connectivity index (χ3v) is 3.01. The van der Waals surface area contributed by atoms with E-state index in [4.69, 9.17) is 16.7 Å². The van der Waals surface area contributed by atoms with E-state index >= 15 is 0 Å². The molecule has 20 heavy (non-hydrogen) atoms. The summed E-state index contributed by atoms with van der Waals surface area (Å²) in [5, 5.41) is 13.8. The van der Waals surface area contributed by atoms with Crippen molar-refractivity contribution in [2.24, 2.45) is 5.92 Å². The molecule has 1 unspecified atom stereocenters. The van der Waals surface area contributed by atoms with Crippen molar-refractivity contribution in [1.82, 2.24) is 10.6 Å². The number of halogens is 2. The Bertz CT molecular complexity index is 497. The molecular weight excluding hydrogens is 287 g/mol. The van der Waals surface area contributed by atoms with E-state index in [1.165, 1.54) is 18.2 Å². The minimum Gasteiger partial charge on any atom is -0.481 e. The highest BCUT2D eigenvalue weighted by Gasteiger charge is 2.10. The van der Waals surface area contributed by atoms with E-state index in [2.05, 4.69) is 10.6 Å². The summed E-state index contributed by atoms with van der Waals surface area (Å²) in [5.74, 6) is -1.91. The number of carbonyl (C=O) groups excluding carboxylic acids is 1. The lowest BCUT2D eigenvalue weighted by Crippen LogP contribution is -2.36. The van der Waals surface area contributed by atoms with Crippen LogP contribution in [0.1, 0.15) is 18.9 Å². The fraction of sp³-hybridized carbons (Fsp3) is 0.385. The first-order valence-corrected chi connectivity index (χ1v) is 6.46. The lowest BCUT2D eigenvalue weighted by Gasteiger charge is -2.09. The van der Waals surface area contributed by atoms with Gasteiger partial charge in [0.25, 0.3) is 0 Å². The van der Waals surface area contributed by atoms with Crippen molar-refractivity contribution in [3.8, 4) is 0 Å². The highest BCUT2D eigenvalue weighted by Crippen LogP contribution is 2.15. The van der Waals surface area contributed by atoms with E-state index in [1.54, 1.807) is 6.92 Å². The molecule has 0 fully saturated rings. The second-order valence-electron chi connectivity index (χ2n) is 4.39. The average molecular weight is 303 g/mol. The molecule has 0 spiro atoms. The quantitative estimate of drug-likeness (QED) is 0.755. The molecule has 0 aromatic heterocycles. The highest BCUT2D eigenvalue weighted by molar-refractivity contribution is 6.30. The molecule has 110 valence electrons. The molecule has 1 aromatic rings. The van der Waals surface area contributed by atoms with Crippen molar-refractivity contribution in [1.29, 1.82) is 0 Å². The van der Waals surface area contributed by atoms with E-state index in [1.807, 2.05) is 0 Å². The summed E-state index contributed by atoms with van der Waals surface area (Å²) in [4.78, 5) is 22.0. The van der Waals surface area contributed by atoms with Crippen LogP contribution in [0.15, 0.2) is 18.2 Å². The predicted molar refractivity (Wildman–Crippen MR) is 73.1 cm³/mol. The summed E-state index contributed by atoms with van der Waals surface area (Å²) < 4.78 is 12.9. The Labute approximate surface area is 121 Å². The van der Waals surface area contributed by atoms with Gasteiger partial charge < -0.3 is 15.7 Å². The maximum Gasteiger partial charge on any atom is 0.315 e. The molecule has 3 N–H and O–H groups in total. The van der Waals surface area contributed by atoms with E-state index in [-0.39, 0.29) is 18.1 Å². The van der Waals surface area contributed by atoms with E-state index < -0.39 is 23.7 Å². The number of carboxylic acids is 1. The third-order valence-electron chi connectivity index (χ3n) is 2.72. The molecule has 7 heteroatoms. The van der Waals surface area contributed by atoms with Crippen LogP contribution in [0, 0.1) is 11.7 Å². The Hall–Kier alpha value is -1.82. The lowest BCUT2D eigenvalue weighted by atomic mass is 10.1. The number of benzene rings is 1. The number of hydrogen-bond donors (Lipinski definition) is 3. The Balaban J connectivity index is 2.29. The van der Waals surface area contributed by atoms with E-state index in [0.29, 0.717) is 12.0 Å². The van der Waals surface area contributed by atoms with Gasteiger partial charge in [0, 0.05) is 13.1 Å². The van der Waals surface area contributed by atoms with Gasteiger partial charge in [0.05, 0.1) is 10.9 Å². The normalized spacial score (nSPS) is 11.8. The Morgan fingerprint density at radius 1 is 1.40 bits per heavy atom. The van der Waals surface area contributed by atoms with Gasteiger partial charge in [-0.05, 0) is 24.1 Å². The first-order valence-electron chi connectivity index (χ1n) is 6.08. The van der Waals surface area contributed by atoms with Crippen LogP contribution in [0.5, 0.6) is 0 Å². The van der Waals surface area contributed by atoms with Crippen molar-refractivity contribution < 1.29 is 19.1 Å². The zero-order valence-electron chi connectivity index (χ0n) is 11.0. The van der Waals surface area contributed by atoms with Crippen molar-refractivity contribution in [2.75, 3.05) is 6.54 Å². The predicted octanol–water partition coefficient (Wildman–Crippen LogP) is 2.39. The van der Waals surface area contributed by atoms with Crippen LogP contribution >= 0.6 is 11.6 Å². The molecule has 0 aliphatic carbocycles. The van der Waals surface area contributed by atoms with Crippen LogP contribution < -0.4 is 10.6 Å². The van der Waals surface area contributed by atoms with Crippen LogP contribution in [-0.4, -0.2) is 23.7 Å². The number of rotatable bonds is 6. The van der Waals surface area contributed by atoms with Gasteiger partial charge in [0.15, 0.2) is 0 Å². The second kappa shape index (κ2) is 7.69. The largest absolute Gasteiger partial charge is 0.481 e. The van der Waals surface area contributed by atoms with Crippen LogP contribution in [0.4, 0.5) is 9.18 Å². The number of carbonyl (C=O) groups is 2. The summed E-state index contributed by atoms with van der Waals surface area (Å²) in [7, 11) is 0. The second-order valence-corrected chi connectivity index (χ2v) is 4.79. The molecule has 2 amide bonds. The number of nitrogens with one attached hydrogen (secondary N) is 2. The monoisotopic (exact) mass is 302 g/mol. The van der Waals surface area contributed by atoms with Gasteiger partial charge in [0.2, 0.25) is 0 Å². The molecule has 1 aromatic carbocycles. The van der Waals surface area contributed by atoms with Crippen LogP contribution in [-0.2, 0) is 11.3 Å². The molecule has 0 heterocycles. The van der Waals surface area contributed by atoms with Gasteiger partial charge in [0.1, 0.15) is 5.82 Å². The molecule has 5 nitrogen and oxygen atoms in total. The van der Waals surface area contributed by atoms with E-state index in [9.17, 15) is 14.0 Å². The van der Waals surface area contributed by atoms with Gasteiger partial charge in [-0.2, -0.15) is 0 Å². The fourth-order valence-corrected chi connectivity index (χ4v) is 1.62. The zero-order chi connectivity index (χ0) is 15.1. The summed E-state index contributed by atoms with van der Waals surface area (Å²) in [6.07, 6.45) is 0.352. The molecular formula is C13H16ClFN2O3. The van der Waals surface area contributed by atoms with Gasteiger partial charge in [-0.3, -0.25) is 4.79 Å². The number of carboxylic acid groups (broad SMARTS) is 1. The van der Waals surface area contributed by atoms with Crippen LogP contribution in [0.3, 0.4) is 0 Å². The maximum atomic E-state index is 12.9. The summed E-state index contributed by atoms with van der Waals surface area (Å²) in [6, 6.07) is 3.77. The van der Waals surface area contributed by atoms with Gasteiger partial charge in [-0.15, -0.1) is 0 Å². The number of amides is 2. The standard InChI is InChI=1S/C13H16ClFN2O3/c1-8(12(18)19)4-5-16-13(20)17-7-9-2-3-11(15)10(14)6-9/h2-3,6,8H,4-5,7H2,1H3,(H,18,19)(H2,16,17,20). The molecule has 0 aliphatic rings. The fourth-order valence-electron chi connectivity index (χ4n) is 1.42. The maximum absolute atomic E-state index is 12.9. The van der Waals surface area contributed by atoms with Crippen molar-refractivity contribution >= 4 is 23.6 Å². The minimum atomic E-state index is -0.895. The summed E-state index contributed by atoms with van der Waals surface area (Å²) >= 11 is 5.62. The Morgan fingerprint density at radius 3 is 2.70 bits per heavy atom. The summed E-state index contributed by atoms with van der Waals surface area (Å²) in [5.41, 5.74) is 0.672. The lowest BCUT2D eigenvalue weighted by molar-refractivity contribution is -0.141. The molecule has 0 aliphatic heterocycles. The van der Waals surface area contributed by atoms with E-state index in [0.717, 1.165) is 0 Å². The Morgan fingerprint density at radius 2 is 2.10 bits per heavy atom. The van der Waals surface area contributed by atoms with Crippen molar-refractivity contribution in [3.05, 3.63) is 34.6 Å². The topological polar surface area (TPSA) is 78.4 Å². The number of urea groups is 1. The third kappa shape index (κ3) is 5.44. The van der Waals surface area contributed by atoms with Gasteiger partial charge in [-0.25, -0.2) is 9.18 Å². The molecule has 1 atom stereocenters. The molecule has 0 saturated carbocycles. The van der Waals surface area contributed by atoms with Crippen LogP contribution in [0.25, 0.3) is 0 Å². The van der Waals surface area contributed by atoms with Gasteiger partial charge in [-0.1, -0.05) is 24.6 Å². The molecule has 1 rings (SSSR count). The van der Waals surface area contributed by atoms with Crippen LogP contribution in [0.2, 0.25) is 5.02 Å². The summed E-state index contributed by atoms with van der Waals surface area (Å²) in [6.45, 7) is 2.05. The first kappa shape index (κ1) is 16.2. The smallest absolute Gasteiger partial charge is 0.315 e. The van der Waals surface area contributed by atoms with Crippen molar-refractivity contribution in [3.63, 3.8) is 0 Å². The Kier molecular flexibility index (Phi) is 6.24. The highest BCUT2D eigenvalue weighted by atomic mass is 35.5.